The van der Waals surface area contributed by atoms with Crippen LogP contribution in [0.3, 0.4) is 0 Å². The first-order chi connectivity index (χ1) is 11.0. The molecule has 0 saturated carbocycles. The van der Waals surface area contributed by atoms with E-state index in [9.17, 15) is 4.79 Å². The average Bonchev–Trinajstić information content (AvgIpc) is 2.57. The number of fused-ring (bicyclic) bond motifs is 1. The molecular formula is C18H18N2O3. The molecule has 2 N–H and O–H groups in total. The summed E-state index contributed by atoms with van der Waals surface area (Å²) in [5.74, 6) is 1.37. The fraction of sp³-hybridized carbons (Fsp3) is 0.167. The van der Waals surface area contributed by atoms with Crippen molar-refractivity contribution in [3.8, 4) is 22.6 Å². The summed E-state index contributed by atoms with van der Waals surface area (Å²) in [7, 11) is 5.07. The maximum absolute atomic E-state index is 12.9. The van der Waals surface area contributed by atoms with E-state index < -0.39 is 0 Å². The van der Waals surface area contributed by atoms with Crippen molar-refractivity contribution in [3.05, 3.63) is 52.8 Å². The van der Waals surface area contributed by atoms with Crippen LogP contribution in [0.2, 0.25) is 0 Å². The second kappa shape index (κ2) is 5.68. The minimum absolute atomic E-state index is 0.0941. The number of nitrogen functional groups attached to an aromatic ring is 1. The van der Waals surface area contributed by atoms with Crippen molar-refractivity contribution in [3.63, 3.8) is 0 Å². The van der Waals surface area contributed by atoms with Gasteiger partial charge in [-0.1, -0.05) is 12.1 Å². The van der Waals surface area contributed by atoms with Gasteiger partial charge in [0.05, 0.1) is 25.1 Å². The molecule has 1 heterocycles. The molecule has 0 bridgehead atoms. The van der Waals surface area contributed by atoms with Crippen LogP contribution in [-0.4, -0.2) is 18.8 Å². The number of aromatic nitrogens is 1. The highest BCUT2D eigenvalue weighted by atomic mass is 16.5. The van der Waals surface area contributed by atoms with Gasteiger partial charge in [0, 0.05) is 36.6 Å². The van der Waals surface area contributed by atoms with E-state index in [0.29, 0.717) is 22.4 Å². The molecule has 0 spiro atoms. The highest BCUT2D eigenvalue weighted by Crippen LogP contribution is 2.28. The largest absolute Gasteiger partial charge is 0.497 e. The molecule has 0 saturated heterocycles. The number of ether oxygens (including phenoxy) is 2. The molecule has 2 aromatic carbocycles. The predicted octanol–water partition coefficient (Wildman–Crippen LogP) is 2.80. The van der Waals surface area contributed by atoms with E-state index in [1.54, 1.807) is 20.3 Å². The van der Waals surface area contributed by atoms with Crippen LogP contribution in [0.25, 0.3) is 22.0 Å². The molecule has 5 heteroatoms. The third-order valence-electron chi connectivity index (χ3n) is 3.93. The van der Waals surface area contributed by atoms with Crippen LogP contribution in [-0.2, 0) is 7.05 Å². The predicted molar refractivity (Wildman–Crippen MR) is 92.1 cm³/mol. The van der Waals surface area contributed by atoms with Crippen molar-refractivity contribution in [2.24, 2.45) is 7.05 Å². The zero-order valence-corrected chi connectivity index (χ0v) is 13.3. The molecular weight excluding hydrogens is 292 g/mol. The lowest BCUT2D eigenvalue weighted by Crippen LogP contribution is -2.12. The summed E-state index contributed by atoms with van der Waals surface area (Å²) in [5, 5.41) is 0.501. The van der Waals surface area contributed by atoms with E-state index in [0.717, 1.165) is 16.8 Å². The molecule has 0 amide bonds. The van der Waals surface area contributed by atoms with Crippen molar-refractivity contribution >= 4 is 16.6 Å². The third-order valence-corrected chi connectivity index (χ3v) is 3.93. The molecule has 3 aromatic rings. The smallest absolute Gasteiger partial charge is 0.199 e. The maximum Gasteiger partial charge on any atom is 0.199 e. The molecule has 0 aliphatic heterocycles. The molecule has 118 valence electrons. The van der Waals surface area contributed by atoms with Gasteiger partial charge in [-0.3, -0.25) is 4.79 Å². The average molecular weight is 310 g/mol. The highest BCUT2D eigenvalue weighted by molar-refractivity contribution is 5.94. The Labute approximate surface area is 133 Å². The Bertz CT molecular complexity index is 928. The number of benzene rings is 2. The number of pyridine rings is 1. The van der Waals surface area contributed by atoms with Crippen molar-refractivity contribution in [2.75, 3.05) is 20.0 Å². The number of rotatable bonds is 3. The van der Waals surface area contributed by atoms with E-state index in [1.165, 1.54) is 0 Å². The number of nitrogens with two attached hydrogens (primary N) is 1. The first-order valence-corrected chi connectivity index (χ1v) is 7.16. The Balaban J connectivity index is 2.29. The van der Waals surface area contributed by atoms with Crippen LogP contribution in [0, 0.1) is 0 Å². The van der Waals surface area contributed by atoms with Crippen LogP contribution in [0.1, 0.15) is 0 Å². The van der Waals surface area contributed by atoms with Crippen molar-refractivity contribution < 1.29 is 9.47 Å². The third kappa shape index (κ3) is 2.50. The number of aryl methyl sites for hydroxylation is 1. The number of methoxy groups -OCH3 is 2. The summed E-state index contributed by atoms with van der Waals surface area (Å²) in [6, 6.07) is 10.9. The Morgan fingerprint density at radius 3 is 2.26 bits per heavy atom. The van der Waals surface area contributed by atoms with Crippen LogP contribution < -0.4 is 20.6 Å². The molecule has 23 heavy (non-hydrogen) atoms. The molecule has 0 fully saturated rings. The number of hydrogen-bond donors (Lipinski definition) is 1. The van der Waals surface area contributed by atoms with Crippen LogP contribution in [0.5, 0.6) is 11.5 Å². The minimum Gasteiger partial charge on any atom is -0.497 e. The van der Waals surface area contributed by atoms with Gasteiger partial charge in [0.1, 0.15) is 11.5 Å². The van der Waals surface area contributed by atoms with E-state index in [1.807, 2.05) is 48.1 Å². The first kappa shape index (κ1) is 15.0. The lowest BCUT2D eigenvalue weighted by molar-refractivity contribution is 0.415. The molecule has 0 radical (unpaired) electrons. The number of anilines is 1. The van der Waals surface area contributed by atoms with Gasteiger partial charge in [-0.2, -0.15) is 0 Å². The van der Waals surface area contributed by atoms with Gasteiger partial charge in [0.25, 0.3) is 0 Å². The van der Waals surface area contributed by atoms with Crippen molar-refractivity contribution in [1.29, 1.82) is 0 Å². The molecule has 3 rings (SSSR count). The summed E-state index contributed by atoms with van der Waals surface area (Å²) in [5.41, 5.74) is 8.56. The molecule has 0 atom stereocenters. The van der Waals surface area contributed by atoms with E-state index in [4.69, 9.17) is 15.2 Å². The SMILES string of the molecule is COc1ccc(-c2cn(C)c3cc(OC)cc(N)c3c2=O)cc1. The monoisotopic (exact) mass is 310 g/mol. The Hall–Kier alpha value is -2.95. The second-order valence-electron chi connectivity index (χ2n) is 5.32. The number of nitrogens with zero attached hydrogens (tertiary/aromatic N) is 1. The Morgan fingerprint density at radius 1 is 1.00 bits per heavy atom. The molecule has 0 aliphatic rings. The Kier molecular flexibility index (Phi) is 3.70. The number of hydrogen-bond acceptors (Lipinski definition) is 4. The summed E-state index contributed by atoms with van der Waals surface area (Å²) < 4.78 is 12.3. The van der Waals surface area contributed by atoms with Gasteiger partial charge in [-0.15, -0.1) is 0 Å². The van der Waals surface area contributed by atoms with Gasteiger partial charge in [-0.25, -0.2) is 0 Å². The highest BCUT2D eigenvalue weighted by Gasteiger charge is 2.13. The first-order valence-electron chi connectivity index (χ1n) is 7.16. The van der Waals surface area contributed by atoms with Gasteiger partial charge in [0.2, 0.25) is 0 Å². The van der Waals surface area contributed by atoms with E-state index >= 15 is 0 Å². The maximum atomic E-state index is 12.9. The lowest BCUT2D eigenvalue weighted by atomic mass is 10.0. The van der Waals surface area contributed by atoms with Crippen LogP contribution >= 0.6 is 0 Å². The summed E-state index contributed by atoms with van der Waals surface area (Å²) in [6.07, 6.45) is 1.81. The zero-order valence-electron chi connectivity index (χ0n) is 13.3. The van der Waals surface area contributed by atoms with Gasteiger partial charge in [0.15, 0.2) is 5.43 Å². The van der Waals surface area contributed by atoms with Gasteiger partial charge < -0.3 is 19.8 Å². The normalized spacial score (nSPS) is 10.7. The van der Waals surface area contributed by atoms with Crippen LogP contribution in [0.15, 0.2) is 47.4 Å². The molecule has 1 aromatic heterocycles. The van der Waals surface area contributed by atoms with Crippen molar-refractivity contribution in [2.45, 2.75) is 0 Å². The Morgan fingerprint density at radius 2 is 1.65 bits per heavy atom. The summed E-state index contributed by atoms with van der Waals surface area (Å²) in [4.78, 5) is 12.9. The standard InChI is InChI=1S/C18H18N2O3/c1-20-10-14(11-4-6-12(22-2)7-5-11)18(21)17-15(19)8-13(23-3)9-16(17)20/h4-10H,19H2,1-3H3. The quantitative estimate of drug-likeness (QED) is 0.755. The van der Waals surface area contributed by atoms with E-state index in [2.05, 4.69) is 0 Å². The molecule has 0 unspecified atom stereocenters. The van der Waals surface area contributed by atoms with Gasteiger partial charge >= 0.3 is 0 Å². The zero-order chi connectivity index (χ0) is 16.6. The van der Waals surface area contributed by atoms with Crippen molar-refractivity contribution in [1.82, 2.24) is 4.57 Å². The topological polar surface area (TPSA) is 66.5 Å². The lowest BCUT2D eigenvalue weighted by Gasteiger charge is -2.13. The fourth-order valence-electron chi connectivity index (χ4n) is 2.70. The summed E-state index contributed by atoms with van der Waals surface area (Å²) in [6.45, 7) is 0. The fourth-order valence-corrected chi connectivity index (χ4v) is 2.70. The second-order valence-corrected chi connectivity index (χ2v) is 5.32. The summed E-state index contributed by atoms with van der Waals surface area (Å²) >= 11 is 0. The van der Waals surface area contributed by atoms with Gasteiger partial charge in [-0.05, 0) is 17.7 Å². The molecule has 0 aliphatic carbocycles. The molecule has 5 nitrogen and oxygen atoms in total. The van der Waals surface area contributed by atoms with Crippen LogP contribution in [0.4, 0.5) is 5.69 Å². The minimum atomic E-state index is -0.0941. The van der Waals surface area contributed by atoms with E-state index in [-0.39, 0.29) is 5.43 Å².